The van der Waals surface area contributed by atoms with E-state index in [1.165, 1.54) is 19.5 Å². The van der Waals surface area contributed by atoms with Crippen LogP contribution in [0, 0.1) is 11.8 Å². The number of nitrogens with zero attached hydrogens (tertiary/aromatic N) is 1. The first kappa shape index (κ1) is 15.5. The highest BCUT2D eigenvalue weighted by molar-refractivity contribution is 6.30. The number of likely N-dealkylation sites (tertiary alicyclic amines) is 1. The second kappa shape index (κ2) is 7.19. The van der Waals surface area contributed by atoms with Crippen LogP contribution in [-0.2, 0) is 0 Å². The highest BCUT2D eigenvalue weighted by Gasteiger charge is 2.21. The van der Waals surface area contributed by atoms with Gasteiger partial charge in [-0.25, -0.2) is 0 Å². The Balaban J connectivity index is 1.83. The molecule has 0 saturated carbocycles. The molecule has 1 aromatic rings. The molecule has 2 atom stereocenters. The van der Waals surface area contributed by atoms with E-state index in [0.717, 1.165) is 24.1 Å². The summed E-state index contributed by atoms with van der Waals surface area (Å²) in [5, 5.41) is 0.660. The van der Waals surface area contributed by atoms with Gasteiger partial charge in [0.2, 0.25) is 0 Å². The molecule has 1 heterocycles. The lowest BCUT2D eigenvalue weighted by atomic mass is 9.92. The number of piperidine rings is 1. The summed E-state index contributed by atoms with van der Waals surface area (Å²) < 4.78 is 11.1. The maximum atomic E-state index is 5.94. The summed E-state index contributed by atoms with van der Waals surface area (Å²) in [7, 11) is 1.63. The van der Waals surface area contributed by atoms with Crippen molar-refractivity contribution in [2.24, 2.45) is 11.8 Å². The van der Waals surface area contributed by atoms with E-state index in [-0.39, 0.29) is 0 Å². The zero-order valence-corrected chi connectivity index (χ0v) is 13.3. The normalized spacial score (nSPS) is 23.6. The Morgan fingerprint density at radius 3 is 2.55 bits per heavy atom. The van der Waals surface area contributed by atoms with Gasteiger partial charge in [0.15, 0.2) is 11.5 Å². The molecule has 0 N–H and O–H groups in total. The van der Waals surface area contributed by atoms with Crippen LogP contribution < -0.4 is 9.47 Å². The monoisotopic (exact) mass is 297 g/mol. The first-order valence-corrected chi connectivity index (χ1v) is 7.65. The van der Waals surface area contributed by atoms with Gasteiger partial charge in [-0.05, 0) is 30.4 Å². The summed E-state index contributed by atoms with van der Waals surface area (Å²) in [5.74, 6) is 3.01. The first-order valence-electron chi connectivity index (χ1n) is 7.27. The van der Waals surface area contributed by atoms with Gasteiger partial charge < -0.3 is 9.47 Å². The molecule has 112 valence electrons. The van der Waals surface area contributed by atoms with Gasteiger partial charge in [0.1, 0.15) is 6.61 Å². The van der Waals surface area contributed by atoms with E-state index in [2.05, 4.69) is 18.7 Å². The molecule has 3 nitrogen and oxygen atoms in total. The molecule has 0 aromatic heterocycles. The number of rotatable bonds is 5. The zero-order chi connectivity index (χ0) is 14.5. The minimum absolute atomic E-state index is 0.660. The molecule has 2 rings (SSSR count). The van der Waals surface area contributed by atoms with E-state index in [0.29, 0.717) is 17.4 Å². The number of halogens is 1. The van der Waals surface area contributed by atoms with E-state index in [9.17, 15) is 0 Å². The summed E-state index contributed by atoms with van der Waals surface area (Å²) >= 11 is 5.94. The van der Waals surface area contributed by atoms with Gasteiger partial charge in [0.25, 0.3) is 0 Å². The van der Waals surface area contributed by atoms with Gasteiger partial charge in [-0.3, -0.25) is 4.90 Å². The average molecular weight is 298 g/mol. The number of hydrogen-bond donors (Lipinski definition) is 0. The Hall–Kier alpha value is -0.930. The van der Waals surface area contributed by atoms with Gasteiger partial charge >= 0.3 is 0 Å². The van der Waals surface area contributed by atoms with Crippen LogP contribution >= 0.6 is 11.6 Å². The maximum absolute atomic E-state index is 5.94. The van der Waals surface area contributed by atoms with Crippen molar-refractivity contribution in [1.82, 2.24) is 4.90 Å². The Kier molecular flexibility index (Phi) is 5.55. The Morgan fingerprint density at radius 1 is 1.20 bits per heavy atom. The number of benzene rings is 1. The van der Waals surface area contributed by atoms with E-state index in [1.807, 2.05) is 12.1 Å². The molecule has 2 unspecified atom stereocenters. The van der Waals surface area contributed by atoms with Crippen molar-refractivity contribution in [1.29, 1.82) is 0 Å². The number of methoxy groups -OCH3 is 1. The third-order valence-electron chi connectivity index (χ3n) is 3.74. The molecule has 0 bridgehead atoms. The van der Waals surface area contributed by atoms with Gasteiger partial charge in [0, 0.05) is 30.7 Å². The minimum atomic E-state index is 0.660. The third kappa shape index (κ3) is 4.29. The zero-order valence-electron chi connectivity index (χ0n) is 12.6. The SMILES string of the molecule is COc1cc(Cl)ccc1OCCN1CC(C)CC(C)C1. The van der Waals surface area contributed by atoms with E-state index in [4.69, 9.17) is 21.1 Å². The molecule has 1 fully saturated rings. The topological polar surface area (TPSA) is 21.7 Å². The lowest BCUT2D eigenvalue weighted by Gasteiger charge is -2.34. The number of ether oxygens (including phenoxy) is 2. The largest absolute Gasteiger partial charge is 0.493 e. The highest BCUT2D eigenvalue weighted by atomic mass is 35.5. The molecule has 1 saturated heterocycles. The minimum Gasteiger partial charge on any atom is -0.493 e. The third-order valence-corrected chi connectivity index (χ3v) is 3.97. The molecule has 1 aromatic carbocycles. The van der Waals surface area contributed by atoms with E-state index < -0.39 is 0 Å². The van der Waals surface area contributed by atoms with Crippen LogP contribution in [0.4, 0.5) is 0 Å². The van der Waals surface area contributed by atoms with E-state index in [1.54, 1.807) is 13.2 Å². The first-order chi connectivity index (χ1) is 9.58. The van der Waals surface area contributed by atoms with Crippen LogP contribution in [0.3, 0.4) is 0 Å². The van der Waals surface area contributed by atoms with Crippen molar-refractivity contribution in [2.75, 3.05) is 33.4 Å². The molecule has 1 aliphatic rings. The van der Waals surface area contributed by atoms with Gasteiger partial charge in [-0.1, -0.05) is 25.4 Å². The van der Waals surface area contributed by atoms with Crippen molar-refractivity contribution in [3.63, 3.8) is 0 Å². The Bertz CT molecular complexity index is 428. The molecule has 1 aliphatic heterocycles. The Labute approximate surface area is 126 Å². The number of hydrogen-bond acceptors (Lipinski definition) is 3. The standard InChI is InChI=1S/C16H24ClNO2/c1-12-8-13(2)11-18(10-12)6-7-20-15-5-4-14(17)9-16(15)19-3/h4-5,9,12-13H,6-8,10-11H2,1-3H3. The van der Waals surface area contributed by atoms with Gasteiger partial charge in [0.05, 0.1) is 7.11 Å². The quantitative estimate of drug-likeness (QED) is 0.827. The van der Waals surface area contributed by atoms with Gasteiger partial charge in [-0.15, -0.1) is 0 Å². The van der Waals surface area contributed by atoms with Crippen LogP contribution in [0.5, 0.6) is 11.5 Å². The predicted octanol–water partition coefficient (Wildman–Crippen LogP) is 3.71. The molecule has 0 amide bonds. The molecule has 0 aliphatic carbocycles. The summed E-state index contributed by atoms with van der Waals surface area (Å²) in [6.45, 7) is 8.63. The van der Waals surface area contributed by atoms with Crippen LogP contribution in [0.15, 0.2) is 18.2 Å². The predicted molar refractivity (Wildman–Crippen MR) is 82.9 cm³/mol. The van der Waals surface area contributed by atoms with Crippen LogP contribution in [0.1, 0.15) is 20.3 Å². The lowest BCUT2D eigenvalue weighted by Crippen LogP contribution is -2.40. The second-order valence-corrected chi connectivity index (χ2v) is 6.29. The maximum Gasteiger partial charge on any atom is 0.162 e. The molecule has 20 heavy (non-hydrogen) atoms. The van der Waals surface area contributed by atoms with Crippen molar-refractivity contribution in [3.05, 3.63) is 23.2 Å². The van der Waals surface area contributed by atoms with E-state index >= 15 is 0 Å². The lowest BCUT2D eigenvalue weighted by molar-refractivity contribution is 0.120. The smallest absolute Gasteiger partial charge is 0.162 e. The van der Waals surface area contributed by atoms with Crippen molar-refractivity contribution >= 4 is 11.6 Å². The van der Waals surface area contributed by atoms with Gasteiger partial charge in [-0.2, -0.15) is 0 Å². The fraction of sp³-hybridized carbons (Fsp3) is 0.625. The average Bonchev–Trinajstić information content (AvgIpc) is 2.39. The summed E-state index contributed by atoms with van der Waals surface area (Å²) in [5.41, 5.74) is 0. The molecular weight excluding hydrogens is 274 g/mol. The second-order valence-electron chi connectivity index (χ2n) is 5.85. The highest BCUT2D eigenvalue weighted by Crippen LogP contribution is 2.30. The fourth-order valence-electron chi connectivity index (χ4n) is 3.02. The fourth-order valence-corrected chi connectivity index (χ4v) is 3.18. The van der Waals surface area contributed by atoms with Crippen molar-refractivity contribution in [3.8, 4) is 11.5 Å². The summed E-state index contributed by atoms with van der Waals surface area (Å²) in [6, 6.07) is 5.47. The summed E-state index contributed by atoms with van der Waals surface area (Å²) in [6.07, 6.45) is 1.34. The molecular formula is C16H24ClNO2. The van der Waals surface area contributed by atoms with Crippen LogP contribution in [0.2, 0.25) is 5.02 Å². The van der Waals surface area contributed by atoms with Crippen molar-refractivity contribution in [2.45, 2.75) is 20.3 Å². The Morgan fingerprint density at radius 2 is 1.90 bits per heavy atom. The summed E-state index contributed by atoms with van der Waals surface area (Å²) in [4.78, 5) is 2.49. The molecule has 0 spiro atoms. The van der Waals surface area contributed by atoms with Crippen LogP contribution in [0.25, 0.3) is 0 Å². The van der Waals surface area contributed by atoms with Crippen LogP contribution in [-0.4, -0.2) is 38.3 Å². The van der Waals surface area contributed by atoms with Crippen molar-refractivity contribution < 1.29 is 9.47 Å². The molecule has 0 radical (unpaired) electrons. The molecule has 4 heteroatoms.